The van der Waals surface area contributed by atoms with Crippen LogP contribution in [0.1, 0.15) is 35.2 Å². The first-order chi connectivity index (χ1) is 16.9. The van der Waals surface area contributed by atoms with Crippen LogP contribution in [0.25, 0.3) is 21.7 Å². The summed E-state index contributed by atoms with van der Waals surface area (Å²) in [5.74, 6) is 2.04. The highest BCUT2D eigenvalue weighted by Gasteiger charge is 2.12. The number of nitrogen functional groups attached to an aromatic ring is 1. The second-order valence-corrected chi connectivity index (χ2v) is 9.14. The molecule has 7 nitrogen and oxygen atoms in total. The number of aromatic nitrogens is 4. The van der Waals surface area contributed by atoms with Crippen molar-refractivity contribution in [2.24, 2.45) is 0 Å². The molecule has 0 fully saturated rings. The van der Waals surface area contributed by atoms with Crippen molar-refractivity contribution >= 4 is 50.7 Å². The molecule has 1 atom stereocenters. The molecular formula is C27H26ClN7. The van der Waals surface area contributed by atoms with Crippen LogP contribution < -0.4 is 16.4 Å². The van der Waals surface area contributed by atoms with Gasteiger partial charge in [0.05, 0.1) is 10.5 Å². The maximum atomic E-state index is 6.12. The first kappa shape index (κ1) is 22.8. The number of hydrogen-bond acceptors (Lipinski definition) is 7. The summed E-state index contributed by atoms with van der Waals surface area (Å²) in [6, 6.07) is 14.2. The van der Waals surface area contributed by atoms with Gasteiger partial charge in [0.25, 0.3) is 0 Å². The Morgan fingerprint density at radius 2 is 1.77 bits per heavy atom. The van der Waals surface area contributed by atoms with E-state index in [4.69, 9.17) is 17.3 Å². The molecule has 0 aliphatic rings. The standard InChI is InChI=1S/C27H26ClN7/c1-15-8-22-21(6-7-30-27(22)29)16(2)23(15)13-32-25-11-26(34-14-33-25)35-17(3)18-4-5-24-19(9-18)10-20(28)12-31-24/h4-12,14,17H,13H2,1-3H3,(H2,29,30)(H2,32,33,34,35). The quantitative estimate of drug-likeness (QED) is 0.264. The molecule has 0 aliphatic heterocycles. The zero-order chi connectivity index (χ0) is 24.5. The largest absolute Gasteiger partial charge is 0.383 e. The summed E-state index contributed by atoms with van der Waals surface area (Å²) in [4.78, 5) is 17.4. The van der Waals surface area contributed by atoms with Crippen LogP contribution in [0, 0.1) is 13.8 Å². The molecule has 5 aromatic rings. The molecule has 0 saturated carbocycles. The average Bonchev–Trinajstić information content (AvgIpc) is 2.84. The Hall–Kier alpha value is -3.97. The Morgan fingerprint density at radius 3 is 2.63 bits per heavy atom. The number of nitrogens with one attached hydrogen (secondary N) is 2. The summed E-state index contributed by atoms with van der Waals surface area (Å²) < 4.78 is 0. The second-order valence-electron chi connectivity index (χ2n) is 8.70. The van der Waals surface area contributed by atoms with Crippen molar-refractivity contribution in [3.63, 3.8) is 0 Å². The van der Waals surface area contributed by atoms with Crippen LogP contribution in [0.15, 0.2) is 61.2 Å². The second kappa shape index (κ2) is 9.35. The lowest BCUT2D eigenvalue weighted by atomic mass is 9.96. The van der Waals surface area contributed by atoms with Crippen molar-refractivity contribution in [2.75, 3.05) is 16.4 Å². The predicted octanol–water partition coefficient (Wildman–Crippen LogP) is 6.21. The number of pyridine rings is 2. The average molecular weight is 484 g/mol. The van der Waals surface area contributed by atoms with Gasteiger partial charge in [0, 0.05) is 41.8 Å². The molecule has 3 heterocycles. The minimum absolute atomic E-state index is 0.0326. The molecule has 0 spiro atoms. The molecule has 176 valence electrons. The smallest absolute Gasteiger partial charge is 0.131 e. The third-order valence-corrected chi connectivity index (χ3v) is 6.57. The van der Waals surface area contributed by atoms with E-state index in [2.05, 4.69) is 69.5 Å². The van der Waals surface area contributed by atoms with E-state index in [9.17, 15) is 0 Å². The molecule has 5 rings (SSSR count). The summed E-state index contributed by atoms with van der Waals surface area (Å²) in [5, 5.41) is 10.6. The summed E-state index contributed by atoms with van der Waals surface area (Å²) in [5.41, 5.74) is 11.7. The molecule has 0 bridgehead atoms. The van der Waals surface area contributed by atoms with Gasteiger partial charge >= 0.3 is 0 Å². The maximum absolute atomic E-state index is 6.12. The molecule has 3 aromatic heterocycles. The Bertz CT molecular complexity index is 1550. The molecule has 0 radical (unpaired) electrons. The highest BCUT2D eigenvalue weighted by Crippen LogP contribution is 2.29. The molecule has 8 heteroatoms. The summed E-state index contributed by atoms with van der Waals surface area (Å²) in [7, 11) is 0. The molecule has 4 N–H and O–H groups in total. The normalized spacial score (nSPS) is 12.1. The van der Waals surface area contributed by atoms with Gasteiger partial charge in [-0.1, -0.05) is 17.7 Å². The number of halogens is 1. The predicted molar refractivity (Wildman–Crippen MR) is 144 cm³/mol. The molecule has 35 heavy (non-hydrogen) atoms. The van der Waals surface area contributed by atoms with E-state index in [-0.39, 0.29) is 6.04 Å². The minimum atomic E-state index is 0.0326. The van der Waals surface area contributed by atoms with Crippen molar-refractivity contribution < 1.29 is 0 Å². The van der Waals surface area contributed by atoms with Crippen molar-refractivity contribution in [1.29, 1.82) is 0 Å². The zero-order valence-electron chi connectivity index (χ0n) is 19.8. The summed E-state index contributed by atoms with van der Waals surface area (Å²) in [6.07, 6.45) is 4.98. The van der Waals surface area contributed by atoms with Crippen LogP contribution in [0.5, 0.6) is 0 Å². The minimum Gasteiger partial charge on any atom is -0.383 e. The van der Waals surface area contributed by atoms with Crippen molar-refractivity contribution in [2.45, 2.75) is 33.4 Å². The van der Waals surface area contributed by atoms with Gasteiger partial charge in [-0.25, -0.2) is 15.0 Å². The van der Waals surface area contributed by atoms with Crippen molar-refractivity contribution in [1.82, 2.24) is 19.9 Å². The lowest BCUT2D eigenvalue weighted by Gasteiger charge is -2.17. The van der Waals surface area contributed by atoms with Gasteiger partial charge in [-0.15, -0.1) is 0 Å². The van der Waals surface area contributed by atoms with Crippen LogP contribution in [0.4, 0.5) is 17.5 Å². The van der Waals surface area contributed by atoms with Gasteiger partial charge in [-0.2, -0.15) is 0 Å². The van der Waals surface area contributed by atoms with E-state index in [1.807, 2.05) is 24.3 Å². The molecule has 2 aromatic carbocycles. The van der Waals surface area contributed by atoms with Gasteiger partial charge in [0.1, 0.15) is 23.8 Å². The highest BCUT2D eigenvalue weighted by atomic mass is 35.5. The van der Waals surface area contributed by atoms with E-state index >= 15 is 0 Å². The fourth-order valence-electron chi connectivity index (χ4n) is 4.41. The third kappa shape index (κ3) is 4.68. The fraction of sp³-hybridized carbons (Fsp3) is 0.185. The number of nitrogens with zero attached hydrogens (tertiary/aromatic N) is 4. The number of rotatable bonds is 6. The van der Waals surface area contributed by atoms with Gasteiger partial charge in [0.15, 0.2) is 0 Å². The molecule has 0 amide bonds. The number of aryl methyl sites for hydroxylation is 2. The maximum Gasteiger partial charge on any atom is 0.131 e. The van der Waals surface area contributed by atoms with Gasteiger partial charge in [-0.05, 0) is 78.7 Å². The number of benzene rings is 2. The van der Waals surface area contributed by atoms with Gasteiger partial charge in [0.2, 0.25) is 0 Å². The topological polar surface area (TPSA) is 102 Å². The number of fused-ring (bicyclic) bond motifs is 2. The van der Waals surface area contributed by atoms with Crippen LogP contribution in [0.2, 0.25) is 5.02 Å². The number of anilines is 3. The first-order valence-corrected chi connectivity index (χ1v) is 11.8. The molecule has 0 aliphatic carbocycles. The molecule has 0 saturated heterocycles. The molecular weight excluding hydrogens is 458 g/mol. The highest BCUT2D eigenvalue weighted by molar-refractivity contribution is 6.31. The van der Waals surface area contributed by atoms with Gasteiger partial charge in [-0.3, -0.25) is 4.98 Å². The lowest BCUT2D eigenvalue weighted by molar-refractivity contribution is 0.873. The Labute approximate surface area is 208 Å². The van der Waals surface area contributed by atoms with Crippen LogP contribution in [-0.4, -0.2) is 19.9 Å². The third-order valence-electron chi connectivity index (χ3n) is 6.36. The van der Waals surface area contributed by atoms with Crippen molar-refractivity contribution in [3.05, 3.63) is 88.5 Å². The summed E-state index contributed by atoms with van der Waals surface area (Å²) >= 11 is 6.12. The van der Waals surface area contributed by atoms with E-state index in [0.717, 1.165) is 44.4 Å². The number of hydrogen-bond donors (Lipinski definition) is 3. The van der Waals surface area contributed by atoms with Crippen molar-refractivity contribution in [3.8, 4) is 0 Å². The van der Waals surface area contributed by atoms with E-state index < -0.39 is 0 Å². The van der Waals surface area contributed by atoms with E-state index in [1.165, 1.54) is 11.1 Å². The van der Waals surface area contributed by atoms with Gasteiger partial charge < -0.3 is 16.4 Å². The first-order valence-electron chi connectivity index (χ1n) is 11.4. The summed E-state index contributed by atoms with van der Waals surface area (Å²) in [6.45, 7) is 6.94. The zero-order valence-corrected chi connectivity index (χ0v) is 20.6. The Balaban J connectivity index is 1.33. The van der Waals surface area contributed by atoms with E-state index in [1.54, 1.807) is 18.7 Å². The Morgan fingerprint density at radius 1 is 0.943 bits per heavy atom. The number of nitrogens with two attached hydrogens (primary N) is 1. The SMILES string of the molecule is Cc1cc2c(N)nccc2c(C)c1CNc1cc(NC(C)c2ccc3ncc(Cl)cc3c2)ncn1. The fourth-order valence-corrected chi connectivity index (χ4v) is 4.58. The van der Waals surface area contributed by atoms with Crippen LogP contribution >= 0.6 is 11.6 Å². The monoisotopic (exact) mass is 483 g/mol. The Kier molecular flexibility index (Phi) is 6.09. The van der Waals surface area contributed by atoms with E-state index in [0.29, 0.717) is 17.4 Å². The van der Waals surface area contributed by atoms with Crippen LogP contribution in [-0.2, 0) is 6.54 Å². The van der Waals surface area contributed by atoms with Crippen LogP contribution in [0.3, 0.4) is 0 Å². The lowest BCUT2D eigenvalue weighted by Crippen LogP contribution is -2.10. The molecule has 1 unspecified atom stereocenters.